The Morgan fingerprint density at radius 1 is 0.683 bits per heavy atom. The van der Waals surface area contributed by atoms with Crippen LogP contribution < -0.4 is 14.8 Å². The van der Waals surface area contributed by atoms with Gasteiger partial charge in [0.2, 0.25) is 26.0 Å². The van der Waals surface area contributed by atoms with E-state index in [1.54, 1.807) is 54.6 Å². The predicted molar refractivity (Wildman–Crippen MR) is 150 cm³/mol. The quantitative estimate of drug-likeness (QED) is 0.203. The first-order valence-electron chi connectivity index (χ1n) is 12.1. The lowest BCUT2D eigenvalue weighted by Crippen LogP contribution is -2.46. The van der Waals surface area contributed by atoms with Gasteiger partial charge in [-0.05, 0) is 43.7 Å². The van der Waals surface area contributed by atoms with Crippen LogP contribution in [0.3, 0.4) is 0 Å². The van der Waals surface area contributed by atoms with E-state index in [1.165, 1.54) is 24.3 Å². The van der Waals surface area contributed by atoms with Crippen LogP contribution in [0.25, 0.3) is 0 Å². The molecule has 0 aliphatic rings. The minimum absolute atomic E-state index is 0.0370. The second-order valence-corrected chi connectivity index (χ2v) is 12.4. The number of carboxylic acids is 2. The molecule has 3 rings (SSSR count). The van der Waals surface area contributed by atoms with Gasteiger partial charge < -0.3 is 15.5 Å². The lowest BCUT2D eigenvalue weighted by Gasteiger charge is -2.15. The monoisotopic (exact) mass is 605 g/mol. The molecule has 5 N–H and O–H groups in total. The fourth-order valence-corrected chi connectivity index (χ4v) is 5.17. The second kappa shape index (κ2) is 15.0. The zero-order valence-electron chi connectivity index (χ0n) is 22.3. The normalized spacial score (nSPS) is 12.0. The summed E-state index contributed by atoms with van der Waals surface area (Å²) in [6.07, 6.45) is 0.104. The first-order chi connectivity index (χ1) is 19.2. The summed E-state index contributed by atoms with van der Waals surface area (Å²) >= 11 is 0. The van der Waals surface area contributed by atoms with Crippen molar-refractivity contribution in [2.45, 2.75) is 36.1 Å². The molecule has 1 atom stereocenters. The number of aryl methyl sites for hydroxylation is 2. The number of hydrogen-bond donors (Lipinski definition) is 5. The van der Waals surface area contributed by atoms with Crippen LogP contribution in [0.2, 0.25) is 0 Å². The topological polar surface area (TPSA) is 196 Å². The number of aliphatic carboxylic acids is 2. The van der Waals surface area contributed by atoms with E-state index in [-0.39, 0.29) is 16.2 Å². The summed E-state index contributed by atoms with van der Waals surface area (Å²) in [4.78, 5) is 33.6. The lowest BCUT2D eigenvalue weighted by atomic mass is 10.1. The fourth-order valence-electron chi connectivity index (χ4n) is 3.21. The van der Waals surface area contributed by atoms with Crippen molar-refractivity contribution in [1.82, 2.24) is 14.8 Å². The van der Waals surface area contributed by atoms with Crippen LogP contribution in [0, 0.1) is 13.8 Å². The van der Waals surface area contributed by atoms with Gasteiger partial charge in [0.1, 0.15) is 12.6 Å². The van der Waals surface area contributed by atoms with Crippen molar-refractivity contribution >= 4 is 37.9 Å². The van der Waals surface area contributed by atoms with Gasteiger partial charge in [0, 0.05) is 6.42 Å². The molecule has 12 nitrogen and oxygen atoms in total. The van der Waals surface area contributed by atoms with Gasteiger partial charge in [-0.1, -0.05) is 65.7 Å². The standard InChI is InChI=1S/C18H20N2O5S.C9H11NO4S/c1-13-7-9-15(10-8-13)26(24,25)19-12-17(21)20-16(18(22)23)11-14-5-3-2-4-6-14;1-7-2-4-8(5-3-7)15(13,14)10-6-9(11)12/h2-10,16,19H,11-12H2,1H3,(H,20,21)(H,22,23);2-5,10H,6H2,1H3,(H,11,12)/t16-;/m0./s1. The molecule has 14 heteroatoms. The zero-order valence-corrected chi connectivity index (χ0v) is 23.9. The fraction of sp³-hybridized carbons (Fsp3) is 0.222. The predicted octanol–water partition coefficient (Wildman–Crippen LogP) is 1.44. The smallest absolute Gasteiger partial charge is 0.326 e. The average molecular weight is 606 g/mol. The maximum atomic E-state index is 12.2. The van der Waals surface area contributed by atoms with Gasteiger partial charge in [-0.15, -0.1) is 0 Å². The lowest BCUT2D eigenvalue weighted by molar-refractivity contribution is -0.141. The van der Waals surface area contributed by atoms with Crippen LogP contribution in [-0.4, -0.2) is 64.0 Å². The highest BCUT2D eigenvalue weighted by molar-refractivity contribution is 7.89. The molecule has 1 amide bonds. The molecule has 0 saturated heterocycles. The highest BCUT2D eigenvalue weighted by Gasteiger charge is 2.22. The van der Waals surface area contributed by atoms with Gasteiger partial charge in [-0.25, -0.2) is 26.4 Å². The van der Waals surface area contributed by atoms with Crippen molar-refractivity contribution < 1.29 is 41.4 Å². The Morgan fingerprint density at radius 3 is 1.54 bits per heavy atom. The van der Waals surface area contributed by atoms with Gasteiger partial charge in [-0.2, -0.15) is 4.72 Å². The average Bonchev–Trinajstić information content (AvgIpc) is 2.92. The van der Waals surface area contributed by atoms with E-state index in [4.69, 9.17) is 5.11 Å². The van der Waals surface area contributed by atoms with E-state index < -0.39 is 57.0 Å². The van der Waals surface area contributed by atoms with Crippen molar-refractivity contribution in [3.05, 3.63) is 95.6 Å². The number of carbonyl (C=O) groups is 3. The van der Waals surface area contributed by atoms with Crippen molar-refractivity contribution in [2.24, 2.45) is 0 Å². The highest BCUT2D eigenvalue weighted by atomic mass is 32.2. The van der Waals surface area contributed by atoms with E-state index in [0.29, 0.717) is 0 Å². The second-order valence-electron chi connectivity index (χ2n) is 8.82. The first kappa shape index (κ1) is 33.1. The molecule has 0 fully saturated rings. The number of nitrogens with one attached hydrogen (secondary N) is 3. The van der Waals surface area contributed by atoms with Crippen LogP contribution in [0.1, 0.15) is 16.7 Å². The summed E-state index contributed by atoms with van der Waals surface area (Å²) in [5.74, 6) is -3.13. The van der Waals surface area contributed by atoms with E-state index in [9.17, 15) is 36.3 Å². The molecule has 41 heavy (non-hydrogen) atoms. The largest absolute Gasteiger partial charge is 0.480 e. The molecule has 0 aromatic heterocycles. The summed E-state index contributed by atoms with van der Waals surface area (Å²) in [5.41, 5.74) is 2.60. The molecule has 0 heterocycles. The zero-order chi connectivity index (χ0) is 30.6. The summed E-state index contributed by atoms with van der Waals surface area (Å²) in [6, 6.07) is 20.0. The van der Waals surface area contributed by atoms with E-state index in [1.807, 2.05) is 18.6 Å². The minimum Gasteiger partial charge on any atom is -0.480 e. The van der Waals surface area contributed by atoms with Gasteiger partial charge in [0.05, 0.1) is 16.3 Å². The Morgan fingerprint density at radius 2 is 1.12 bits per heavy atom. The van der Waals surface area contributed by atoms with Crippen molar-refractivity contribution in [3.8, 4) is 0 Å². The number of sulfonamides is 2. The maximum Gasteiger partial charge on any atom is 0.326 e. The number of amides is 1. The molecule has 3 aromatic carbocycles. The van der Waals surface area contributed by atoms with Crippen molar-refractivity contribution in [3.63, 3.8) is 0 Å². The molecule has 0 saturated carbocycles. The Kier molecular flexibility index (Phi) is 12.1. The molecule has 0 radical (unpaired) electrons. The number of hydrogen-bond acceptors (Lipinski definition) is 7. The highest BCUT2D eigenvalue weighted by Crippen LogP contribution is 2.10. The van der Waals surface area contributed by atoms with E-state index in [0.717, 1.165) is 16.7 Å². The van der Waals surface area contributed by atoms with Crippen LogP contribution in [0.15, 0.2) is 88.7 Å². The summed E-state index contributed by atoms with van der Waals surface area (Å²) in [7, 11) is -7.55. The molecule has 0 aliphatic carbocycles. The number of rotatable bonds is 12. The Labute approximate surface area is 238 Å². The maximum absolute atomic E-state index is 12.2. The molecule has 0 unspecified atom stereocenters. The first-order valence-corrected chi connectivity index (χ1v) is 15.1. The van der Waals surface area contributed by atoms with Crippen LogP contribution in [0.4, 0.5) is 0 Å². The van der Waals surface area contributed by atoms with Gasteiger partial charge >= 0.3 is 11.9 Å². The summed E-state index contributed by atoms with van der Waals surface area (Å²) in [6.45, 7) is 2.50. The molecular formula is C27H31N3O9S2. The van der Waals surface area contributed by atoms with Crippen molar-refractivity contribution in [1.29, 1.82) is 0 Å². The summed E-state index contributed by atoms with van der Waals surface area (Å²) < 4.78 is 51.4. The minimum atomic E-state index is -3.85. The summed E-state index contributed by atoms with van der Waals surface area (Å²) in [5, 5.41) is 19.9. The van der Waals surface area contributed by atoms with Crippen LogP contribution in [0.5, 0.6) is 0 Å². The van der Waals surface area contributed by atoms with Crippen molar-refractivity contribution in [2.75, 3.05) is 13.1 Å². The molecule has 220 valence electrons. The third-order valence-corrected chi connectivity index (χ3v) is 8.25. The van der Waals surface area contributed by atoms with E-state index >= 15 is 0 Å². The Balaban J connectivity index is 0.000000333. The molecule has 0 aliphatic heterocycles. The SMILES string of the molecule is Cc1ccc(S(=O)(=O)NCC(=O)N[C@@H](Cc2ccccc2)C(=O)O)cc1.Cc1ccc(S(=O)(=O)NCC(=O)O)cc1. The van der Waals surface area contributed by atoms with Gasteiger partial charge in [-0.3, -0.25) is 9.59 Å². The molecule has 0 bridgehead atoms. The van der Waals surface area contributed by atoms with Crippen LogP contribution >= 0.6 is 0 Å². The van der Waals surface area contributed by atoms with Crippen LogP contribution in [-0.2, 0) is 40.9 Å². The van der Waals surface area contributed by atoms with Gasteiger partial charge in [0.25, 0.3) is 0 Å². The number of benzene rings is 3. The molecule has 3 aromatic rings. The van der Waals surface area contributed by atoms with Gasteiger partial charge in [0.15, 0.2) is 0 Å². The third-order valence-electron chi connectivity index (χ3n) is 5.41. The molecule has 0 spiro atoms. The Hall–Kier alpha value is -4.11. The number of carboxylic acid groups (broad SMARTS) is 2. The third kappa shape index (κ3) is 11.5. The Bertz CT molecular complexity index is 1540. The molecular weight excluding hydrogens is 574 g/mol. The number of carbonyl (C=O) groups excluding carboxylic acids is 1. The van der Waals surface area contributed by atoms with E-state index in [2.05, 4.69) is 10.0 Å².